The predicted octanol–water partition coefficient (Wildman–Crippen LogP) is 5.39. The van der Waals surface area contributed by atoms with Gasteiger partial charge in [-0.25, -0.2) is 9.59 Å². The molecule has 2 aromatic rings. The zero-order valence-corrected chi connectivity index (χ0v) is 44.7. The molecule has 0 bridgehead atoms. The molecule has 6 rings (SSSR count). The van der Waals surface area contributed by atoms with Gasteiger partial charge in [-0.3, -0.25) is 28.9 Å². The van der Waals surface area contributed by atoms with Crippen LogP contribution in [0.25, 0.3) is 0 Å². The van der Waals surface area contributed by atoms with Crippen molar-refractivity contribution >= 4 is 53.1 Å². The van der Waals surface area contributed by atoms with E-state index in [-0.39, 0.29) is 53.8 Å². The molecule has 3 fully saturated rings. The molecule has 4 amide bonds. The number of fused-ring (bicyclic) bond motifs is 1. The third-order valence-corrected chi connectivity index (χ3v) is 16.4. The van der Waals surface area contributed by atoms with Crippen molar-refractivity contribution in [3.05, 3.63) is 64.2 Å². The van der Waals surface area contributed by atoms with Gasteiger partial charge in [0.2, 0.25) is 17.6 Å². The van der Waals surface area contributed by atoms with Gasteiger partial charge in [0.1, 0.15) is 23.6 Å². The van der Waals surface area contributed by atoms with Crippen molar-refractivity contribution in [1.29, 1.82) is 0 Å². The van der Waals surface area contributed by atoms with E-state index in [1.165, 1.54) is 21.6 Å². The normalized spacial score (nSPS) is 22.7. The van der Waals surface area contributed by atoms with Gasteiger partial charge in [-0.1, -0.05) is 52.3 Å². The Kier molecular flexibility index (Phi) is 19.4. The summed E-state index contributed by atoms with van der Waals surface area (Å²) >= 11 is 1.43. The van der Waals surface area contributed by atoms with Crippen molar-refractivity contribution in [2.24, 2.45) is 17.3 Å². The van der Waals surface area contributed by atoms with Crippen LogP contribution in [-0.4, -0.2) is 162 Å². The van der Waals surface area contributed by atoms with Crippen LogP contribution in [0.5, 0.6) is 17.2 Å². The number of carboxylic acids is 1. The van der Waals surface area contributed by atoms with Gasteiger partial charge in [-0.05, 0) is 107 Å². The topological polar surface area (TPSA) is 222 Å². The summed E-state index contributed by atoms with van der Waals surface area (Å²) in [5.74, 6) is -3.07. The fourth-order valence-electron chi connectivity index (χ4n) is 10.3. The Labute approximate surface area is 433 Å². The summed E-state index contributed by atoms with van der Waals surface area (Å²) in [7, 11) is 6.55. The third-order valence-electron chi connectivity index (χ3n) is 14.9. The lowest BCUT2D eigenvalue weighted by atomic mass is 9.79. The number of methoxy groups -OCH3 is 2. The van der Waals surface area contributed by atoms with E-state index in [1.807, 2.05) is 38.1 Å². The molecule has 0 aromatic heterocycles. The van der Waals surface area contributed by atoms with E-state index in [2.05, 4.69) is 10.2 Å². The number of unbranched alkanes of at least 4 members (excludes halogenated alkanes) is 2. The second-order valence-electron chi connectivity index (χ2n) is 20.5. The van der Waals surface area contributed by atoms with E-state index in [9.17, 15) is 43.8 Å². The Morgan fingerprint density at radius 1 is 0.973 bits per heavy atom. The van der Waals surface area contributed by atoms with Gasteiger partial charge in [0.25, 0.3) is 11.8 Å². The second-order valence-corrected chi connectivity index (χ2v) is 21.8. The van der Waals surface area contributed by atoms with E-state index in [0.717, 1.165) is 18.4 Å². The number of nitrogens with one attached hydrogen (secondary N) is 1. The summed E-state index contributed by atoms with van der Waals surface area (Å²) in [6, 6.07) is 10.9. The number of likely N-dealkylation sites (tertiary alicyclic amines) is 2. The van der Waals surface area contributed by atoms with Crippen LogP contribution in [0.3, 0.4) is 0 Å². The summed E-state index contributed by atoms with van der Waals surface area (Å²) in [4.78, 5) is 99.7. The maximum Gasteiger partial charge on any atom is 0.353 e. The van der Waals surface area contributed by atoms with Crippen molar-refractivity contribution in [3.8, 4) is 17.2 Å². The van der Waals surface area contributed by atoms with Crippen molar-refractivity contribution in [1.82, 2.24) is 24.9 Å². The van der Waals surface area contributed by atoms with E-state index in [4.69, 9.17) is 18.9 Å². The Morgan fingerprint density at radius 3 is 2.38 bits per heavy atom. The predicted molar refractivity (Wildman–Crippen MR) is 274 cm³/mol. The lowest BCUT2D eigenvalue weighted by molar-refractivity contribution is -0.164. The molecule has 0 saturated carbocycles. The number of aliphatic hydroxyl groups is 1. The van der Waals surface area contributed by atoms with Gasteiger partial charge in [-0.2, -0.15) is 0 Å². The average Bonchev–Trinajstić information content (AvgIpc) is 3.89. The van der Waals surface area contributed by atoms with E-state index >= 15 is 0 Å². The highest BCUT2D eigenvalue weighted by molar-refractivity contribution is 8.03. The molecule has 73 heavy (non-hydrogen) atoms. The number of carbonyl (C=O) groups is 7. The second kappa shape index (κ2) is 25.0. The highest BCUT2D eigenvalue weighted by Gasteiger charge is 2.60. The van der Waals surface area contributed by atoms with Gasteiger partial charge in [0.05, 0.1) is 38.3 Å². The van der Waals surface area contributed by atoms with Crippen LogP contribution < -0.4 is 19.5 Å². The van der Waals surface area contributed by atoms with Crippen molar-refractivity contribution in [3.63, 3.8) is 0 Å². The first-order chi connectivity index (χ1) is 34.7. The van der Waals surface area contributed by atoms with Gasteiger partial charge in [0, 0.05) is 55.2 Å². The van der Waals surface area contributed by atoms with Gasteiger partial charge < -0.3 is 49.2 Å². The Morgan fingerprint density at radius 2 is 1.71 bits per heavy atom. The molecule has 2 aromatic carbocycles. The van der Waals surface area contributed by atoms with Crippen molar-refractivity contribution < 1.29 is 62.7 Å². The molecular formula is C54H75N5O13S. The molecule has 8 atom stereocenters. The van der Waals surface area contributed by atoms with Crippen LogP contribution in [0.1, 0.15) is 110 Å². The highest BCUT2D eigenvalue weighted by atomic mass is 32.2. The third kappa shape index (κ3) is 13.2. The van der Waals surface area contributed by atoms with Crippen LogP contribution in [0.4, 0.5) is 0 Å². The number of Topliss-reactive ketones (excluding diaryl/α,β-unsaturated/α-hetero) is 1. The van der Waals surface area contributed by atoms with Gasteiger partial charge in [-0.15, -0.1) is 11.8 Å². The number of piperidine rings is 1. The zero-order valence-electron chi connectivity index (χ0n) is 43.8. The summed E-state index contributed by atoms with van der Waals surface area (Å²) in [5, 5.41) is 23.3. The minimum atomic E-state index is -1.17. The number of carboxylic acid groups (broad SMARTS) is 1. The first-order valence-electron chi connectivity index (χ1n) is 25.6. The number of hydrogen-bond acceptors (Lipinski definition) is 14. The number of carbonyl (C=O) groups excluding carboxylic acids is 6. The van der Waals surface area contributed by atoms with E-state index in [1.54, 1.807) is 72.2 Å². The number of aliphatic hydroxyl groups excluding tert-OH is 1. The summed E-state index contributed by atoms with van der Waals surface area (Å²) in [5.41, 5.74) is 0.652. The molecule has 18 nitrogen and oxygen atoms in total. The maximum absolute atomic E-state index is 14.1. The first kappa shape index (κ1) is 56.6. The van der Waals surface area contributed by atoms with Crippen LogP contribution in [0.15, 0.2) is 53.1 Å². The molecule has 0 aliphatic carbocycles. The standard InChI is InChI=1S/C54H75N5O13S/c1-10-54(4,5)48(62)51(65)58-26-15-12-19-38(58)53(68)72-40(22-20-34-21-23-41(69-8)42(27-34)70-9)35-17-16-18-36(28-35)71-31-43(61)55-24-13-11-14-25-57-30-37(29-39(57)49(63)56(6)7)73-47-32(2)45-44(33(3)60)50(64)59(45)46(47)52(66)67/h16-18,21,23,27-28,32-33,37-40,44-45,60H,10-15,19-20,22,24-26,29-31H2,1-9H3,(H,55,61)(H,66,67)/t32-,33-,37+,38?,39+,40-,44-,45-/m1/s1. The van der Waals surface area contributed by atoms with Crippen LogP contribution in [0.2, 0.25) is 0 Å². The number of amides is 4. The average molecular weight is 1030 g/mol. The number of nitrogens with zero attached hydrogens (tertiary/aromatic N) is 4. The number of esters is 1. The maximum atomic E-state index is 14.1. The molecule has 0 radical (unpaired) electrons. The summed E-state index contributed by atoms with van der Waals surface area (Å²) in [6.07, 6.45) is 4.13. The number of rotatable bonds is 25. The van der Waals surface area contributed by atoms with Gasteiger partial charge in [0.15, 0.2) is 18.1 Å². The van der Waals surface area contributed by atoms with Crippen LogP contribution in [0, 0.1) is 17.3 Å². The fourth-order valence-corrected chi connectivity index (χ4v) is 11.9. The molecule has 19 heteroatoms. The Bertz CT molecular complexity index is 2390. The monoisotopic (exact) mass is 1030 g/mol. The number of thioether (sulfide) groups is 1. The molecule has 4 aliphatic heterocycles. The molecule has 1 unspecified atom stereocenters. The number of β-lactam (4-membered cyclic amide) rings is 1. The number of likely N-dealkylation sites (N-methyl/N-ethyl adjacent to an activating group) is 1. The van der Waals surface area contributed by atoms with E-state index in [0.29, 0.717) is 98.7 Å². The lowest BCUT2D eigenvalue weighted by Gasteiger charge is -2.46. The zero-order chi connectivity index (χ0) is 53.3. The molecule has 4 aliphatic rings. The van der Waals surface area contributed by atoms with Gasteiger partial charge >= 0.3 is 11.9 Å². The molecular weight excluding hydrogens is 959 g/mol. The molecule has 4 heterocycles. The number of ketones is 1. The first-order valence-corrected chi connectivity index (χ1v) is 26.5. The number of aryl methyl sites for hydroxylation is 1. The summed E-state index contributed by atoms with van der Waals surface area (Å²) in [6.45, 7) is 10.4. The number of aliphatic carboxylic acids is 1. The minimum absolute atomic E-state index is 0.0189. The van der Waals surface area contributed by atoms with Crippen LogP contribution >= 0.6 is 11.8 Å². The molecule has 3 N–H and O–H groups in total. The van der Waals surface area contributed by atoms with E-state index < -0.39 is 59.3 Å². The Hall–Kier alpha value is -5.66. The highest BCUT2D eigenvalue weighted by Crippen LogP contribution is 2.52. The quantitative estimate of drug-likeness (QED) is 0.0491. The van der Waals surface area contributed by atoms with Crippen molar-refractivity contribution in [2.75, 3.05) is 61.1 Å². The molecule has 3 saturated heterocycles. The Balaban J connectivity index is 1.02. The lowest BCUT2D eigenvalue weighted by Crippen LogP contribution is -2.63. The smallest absolute Gasteiger partial charge is 0.353 e. The minimum Gasteiger partial charge on any atom is -0.493 e. The summed E-state index contributed by atoms with van der Waals surface area (Å²) < 4.78 is 23.2. The fraction of sp³-hybridized carbons (Fsp3) is 0.611. The number of hydrogen-bond donors (Lipinski definition) is 3. The largest absolute Gasteiger partial charge is 0.493 e. The number of benzene rings is 2. The molecule has 400 valence electrons. The van der Waals surface area contributed by atoms with Crippen molar-refractivity contribution in [2.45, 2.75) is 134 Å². The van der Waals surface area contributed by atoms with Crippen LogP contribution in [-0.2, 0) is 44.7 Å². The molecule has 0 spiro atoms. The number of ether oxygens (including phenoxy) is 4. The SMILES string of the molecule is CCC(C)(C)C(=O)C(=O)N1CCCCC1C(=O)O[C@H](CCc1ccc(OC)c(OC)c1)c1cccc(OCC(=O)NCCCCCN2C[C@@H](SC3=C(C(=O)O)N4C(=O)[C@H]([C@@H](C)O)[C@H]4[C@H]3C)C[C@H]2C(=O)N(C)C)c1.